The topological polar surface area (TPSA) is 48.0 Å². The van der Waals surface area contributed by atoms with Crippen molar-refractivity contribution in [2.75, 3.05) is 34.5 Å². The van der Waals surface area contributed by atoms with Gasteiger partial charge in [0.1, 0.15) is 5.75 Å². The van der Waals surface area contributed by atoms with Crippen molar-refractivity contribution in [1.29, 1.82) is 0 Å². The highest BCUT2D eigenvalue weighted by Crippen LogP contribution is 2.23. The summed E-state index contributed by atoms with van der Waals surface area (Å²) in [7, 11) is 5.00. The molecule has 5 nitrogen and oxygen atoms in total. The molecule has 0 aromatic heterocycles. The Morgan fingerprint density at radius 3 is 2.71 bits per heavy atom. The van der Waals surface area contributed by atoms with Gasteiger partial charge in [-0.1, -0.05) is 23.8 Å². The number of carbonyl (C=O) groups excluding carboxylic acids is 1. The van der Waals surface area contributed by atoms with Gasteiger partial charge in [0, 0.05) is 26.8 Å². The molecule has 0 radical (unpaired) electrons. The van der Waals surface area contributed by atoms with Crippen LogP contribution in [-0.4, -0.2) is 57.4 Å². The van der Waals surface area contributed by atoms with Crippen molar-refractivity contribution in [2.45, 2.75) is 31.9 Å². The second kappa shape index (κ2) is 8.85. The maximum Gasteiger partial charge on any atom is 0.246 e. The van der Waals surface area contributed by atoms with Crippen molar-refractivity contribution in [1.82, 2.24) is 4.90 Å². The molecule has 0 N–H and O–H groups in total. The number of amides is 1. The number of carbonyl (C=O) groups is 1. The number of nitrogens with zero attached hydrogens (tertiary/aromatic N) is 1. The van der Waals surface area contributed by atoms with Crippen LogP contribution < -0.4 is 4.74 Å². The van der Waals surface area contributed by atoms with E-state index in [-0.39, 0.29) is 18.1 Å². The molecule has 5 heteroatoms. The molecule has 2 rings (SSSR count). The maximum absolute atomic E-state index is 12.7. The van der Waals surface area contributed by atoms with Crippen LogP contribution in [0.3, 0.4) is 0 Å². The van der Waals surface area contributed by atoms with Crippen molar-refractivity contribution < 1.29 is 19.0 Å². The van der Waals surface area contributed by atoms with Crippen LogP contribution in [0.25, 0.3) is 0 Å². The number of ether oxygens (including phenoxy) is 3. The molecule has 1 fully saturated rings. The van der Waals surface area contributed by atoms with Crippen LogP contribution in [0.5, 0.6) is 5.75 Å². The molecule has 1 aromatic carbocycles. The Labute approximate surface area is 144 Å². The van der Waals surface area contributed by atoms with E-state index in [1.807, 2.05) is 36.1 Å². The van der Waals surface area contributed by atoms with Crippen LogP contribution in [0, 0.1) is 0 Å². The number of allylic oxidation sites excluding steroid dienone is 1. The summed E-state index contributed by atoms with van der Waals surface area (Å²) in [5.74, 6) is 0.861. The van der Waals surface area contributed by atoms with Gasteiger partial charge in [-0.3, -0.25) is 4.79 Å². The van der Waals surface area contributed by atoms with Crippen LogP contribution in [0.1, 0.15) is 18.9 Å². The molecule has 1 heterocycles. The summed E-state index contributed by atoms with van der Waals surface area (Å²) >= 11 is 0. The molecule has 1 amide bonds. The average molecular weight is 333 g/mol. The van der Waals surface area contributed by atoms with E-state index in [4.69, 9.17) is 14.2 Å². The van der Waals surface area contributed by atoms with Crippen molar-refractivity contribution in [3.63, 3.8) is 0 Å². The van der Waals surface area contributed by atoms with E-state index in [2.05, 4.69) is 0 Å². The molecule has 0 spiro atoms. The first-order valence-electron chi connectivity index (χ1n) is 8.20. The Morgan fingerprint density at radius 1 is 1.29 bits per heavy atom. The van der Waals surface area contributed by atoms with Gasteiger partial charge in [-0.15, -0.1) is 0 Å². The maximum atomic E-state index is 12.7. The lowest BCUT2D eigenvalue weighted by atomic mass is 10.0. The molecule has 0 unspecified atom stereocenters. The van der Waals surface area contributed by atoms with Gasteiger partial charge in [-0.25, -0.2) is 0 Å². The van der Waals surface area contributed by atoms with Gasteiger partial charge in [-0.2, -0.15) is 0 Å². The zero-order valence-corrected chi connectivity index (χ0v) is 15.0. The van der Waals surface area contributed by atoms with Gasteiger partial charge in [0.15, 0.2) is 0 Å². The highest BCUT2D eigenvalue weighted by Gasteiger charge is 2.34. The predicted octanol–water partition coefficient (Wildman–Crippen LogP) is 2.45. The lowest BCUT2D eigenvalue weighted by Gasteiger charge is -2.22. The predicted molar refractivity (Wildman–Crippen MR) is 93.2 cm³/mol. The number of likely N-dealkylation sites (tertiary alicyclic amines) is 1. The zero-order valence-electron chi connectivity index (χ0n) is 15.0. The van der Waals surface area contributed by atoms with Crippen LogP contribution in [-0.2, 0) is 20.7 Å². The fourth-order valence-electron chi connectivity index (χ4n) is 3.16. The number of methoxy groups -OCH3 is 3. The highest BCUT2D eigenvalue weighted by molar-refractivity contribution is 5.88. The summed E-state index contributed by atoms with van der Waals surface area (Å²) in [5, 5.41) is 0. The number of benzene rings is 1. The fourth-order valence-corrected chi connectivity index (χ4v) is 3.16. The Morgan fingerprint density at radius 2 is 2.04 bits per heavy atom. The van der Waals surface area contributed by atoms with Crippen LogP contribution in [0.15, 0.2) is 35.9 Å². The van der Waals surface area contributed by atoms with Crippen molar-refractivity contribution >= 4 is 5.91 Å². The SMILES string of the molecule is COC[C@@H]1C[C@H](OC)CN1C(=O)/C=C(/C)Cc1ccccc1OC. The molecule has 24 heavy (non-hydrogen) atoms. The summed E-state index contributed by atoms with van der Waals surface area (Å²) < 4.78 is 16.0. The standard InChI is InChI=1S/C19H27NO4/c1-14(9-15-7-5-6-8-18(15)24-4)10-19(21)20-12-17(23-3)11-16(20)13-22-2/h5-8,10,16-17H,9,11-13H2,1-4H3/b14-10-/t16-,17-/m0/s1. The molecular formula is C19H27NO4. The van der Waals surface area contributed by atoms with Gasteiger partial charge in [0.25, 0.3) is 0 Å². The van der Waals surface area contributed by atoms with Crippen LogP contribution >= 0.6 is 0 Å². The first-order valence-corrected chi connectivity index (χ1v) is 8.20. The monoisotopic (exact) mass is 333 g/mol. The van der Waals surface area contributed by atoms with E-state index >= 15 is 0 Å². The lowest BCUT2D eigenvalue weighted by Crippen LogP contribution is -2.37. The van der Waals surface area contributed by atoms with E-state index in [1.165, 1.54) is 0 Å². The largest absolute Gasteiger partial charge is 0.496 e. The molecule has 0 bridgehead atoms. The van der Waals surface area contributed by atoms with Crippen LogP contribution in [0.4, 0.5) is 0 Å². The molecule has 1 aliphatic heterocycles. The van der Waals surface area contributed by atoms with E-state index in [0.29, 0.717) is 19.6 Å². The van der Waals surface area contributed by atoms with Gasteiger partial charge in [0.05, 0.1) is 25.9 Å². The van der Waals surface area contributed by atoms with Crippen LogP contribution in [0.2, 0.25) is 0 Å². The quantitative estimate of drug-likeness (QED) is 0.719. The minimum atomic E-state index is 0.0176. The fraction of sp³-hybridized carbons (Fsp3) is 0.526. The zero-order chi connectivity index (χ0) is 17.5. The molecule has 0 aliphatic carbocycles. The number of rotatable bonds is 7. The molecule has 1 aliphatic rings. The average Bonchev–Trinajstić information content (AvgIpc) is 2.99. The molecule has 1 saturated heterocycles. The molecule has 1 aromatic rings. The molecule has 132 valence electrons. The first-order chi connectivity index (χ1) is 11.6. The lowest BCUT2D eigenvalue weighted by molar-refractivity contribution is -0.128. The van der Waals surface area contributed by atoms with Crippen molar-refractivity contribution in [2.24, 2.45) is 0 Å². The second-order valence-corrected chi connectivity index (χ2v) is 6.17. The van der Waals surface area contributed by atoms with E-state index in [0.717, 1.165) is 23.3 Å². The third-order valence-electron chi connectivity index (χ3n) is 4.38. The number of hydrogen-bond acceptors (Lipinski definition) is 4. The van der Waals surface area contributed by atoms with Crippen molar-refractivity contribution in [3.8, 4) is 5.75 Å². The van der Waals surface area contributed by atoms with Gasteiger partial charge in [0.2, 0.25) is 5.91 Å². The van der Waals surface area contributed by atoms with Gasteiger partial charge >= 0.3 is 0 Å². The minimum Gasteiger partial charge on any atom is -0.496 e. The number of hydrogen-bond donors (Lipinski definition) is 0. The summed E-state index contributed by atoms with van der Waals surface area (Å²) in [6, 6.07) is 7.94. The summed E-state index contributed by atoms with van der Waals surface area (Å²) in [6.45, 7) is 3.12. The Kier molecular flexibility index (Phi) is 6.82. The minimum absolute atomic E-state index is 0.0176. The van der Waals surface area contributed by atoms with E-state index in [9.17, 15) is 4.79 Å². The normalized spacial score (nSPS) is 21.2. The summed E-state index contributed by atoms with van der Waals surface area (Å²) in [6.07, 6.45) is 3.30. The smallest absolute Gasteiger partial charge is 0.246 e. The summed E-state index contributed by atoms with van der Waals surface area (Å²) in [4.78, 5) is 14.5. The van der Waals surface area contributed by atoms with E-state index in [1.54, 1.807) is 27.4 Å². The highest BCUT2D eigenvalue weighted by atomic mass is 16.5. The van der Waals surface area contributed by atoms with Gasteiger partial charge < -0.3 is 19.1 Å². The number of para-hydroxylation sites is 1. The van der Waals surface area contributed by atoms with Gasteiger partial charge in [-0.05, 0) is 31.4 Å². The van der Waals surface area contributed by atoms with E-state index < -0.39 is 0 Å². The third kappa shape index (κ3) is 4.58. The van der Waals surface area contributed by atoms with Crippen molar-refractivity contribution in [3.05, 3.63) is 41.5 Å². The Bertz CT molecular complexity index is 584. The second-order valence-electron chi connectivity index (χ2n) is 6.17. The molecule has 0 saturated carbocycles. The molecular weight excluding hydrogens is 306 g/mol. The Balaban J connectivity index is 2.07. The summed E-state index contributed by atoms with van der Waals surface area (Å²) in [5.41, 5.74) is 2.08. The Hall–Kier alpha value is -1.85. The molecule has 2 atom stereocenters. The first kappa shape index (κ1) is 18.5. The third-order valence-corrected chi connectivity index (χ3v) is 4.38.